The highest BCUT2D eigenvalue weighted by atomic mass is 16.5. The highest BCUT2D eigenvalue weighted by Crippen LogP contribution is 2.24. The number of rotatable bonds is 8. The van der Waals surface area contributed by atoms with Crippen LogP contribution in [0.4, 0.5) is 5.69 Å². The fraction of sp³-hybridized carbons (Fsp3) is 0.455. The highest BCUT2D eigenvalue weighted by molar-refractivity contribution is 6.07. The fourth-order valence-corrected chi connectivity index (χ4v) is 3.55. The maximum Gasteiger partial charge on any atom is 0.166 e. The topological polar surface area (TPSA) is 125 Å². The number of nitrogens with two attached hydrogens (primary N) is 2. The number of allylic oxidation sites excluding steroid dienone is 2. The summed E-state index contributed by atoms with van der Waals surface area (Å²) in [5.41, 5.74) is 17.2. The Balaban J connectivity index is 1.69. The molecule has 7 N–H and O–H groups in total. The number of anilines is 1. The number of hydrogen-bond donors (Lipinski definition) is 5. The minimum Gasteiger partial charge on any atom is -0.484 e. The Hall–Kier alpha value is -3.02. The summed E-state index contributed by atoms with van der Waals surface area (Å²) in [5, 5.41) is 16.1. The third-order valence-corrected chi connectivity index (χ3v) is 5.26. The maximum atomic E-state index is 8.78. The average Bonchev–Trinajstić information content (AvgIpc) is 3.00. The SMILES string of the molecule is CN/N=C(\N)c1ccc(N)c(C(=N)C2C=C(OCCN3CCNCC3)C#CCC2)c1. The Morgan fingerprint density at radius 3 is 2.97 bits per heavy atom. The van der Waals surface area contributed by atoms with Crippen LogP contribution in [-0.2, 0) is 4.74 Å². The monoisotopic (exact) mass is 409 g/mol. The average molecular weight is 410 g/mol. The Kier molecular flexibility index (Phi) is 7.71. The van der Waals surface area contributed by atoms with E-state index in [2.05, 4.69) is 32.6 Å². The van der Waals surface area contributed by atoms with Crippen molar-refractivity contribution in [1.82, 2.24) is 15.6 Å². The lowest BCUT2D eigenvalue weighted by molar-refractivity contribution is 0.154. The van der Waals surface area contributed by atoms with Crippen LogP contribution in [0, 0.1) is 23.2 Å². The largest absolute Gasteiger partial charge is 0.484 e. The van der Waals surface area contributed by atoms with Crippen LogP contribution in [0.1, 0.15) is 24.0 Å². The van der Waals surface area contributed by atoms with Crippen molar-refractivity contribution in [3.05, 3.63) is 41.2 Å². The molecule has 30 heavy (non-hydrogen) atoms. The number of amidine groups is 1. The molecule has 1 unspecified atom stereocenters. The van der Waals surface area contributed by atoms with E-state index in [4.69, 9.17) is 21.6 Å². The van der Waals surface area contributed by atoms with Gasteiger partial charge in [0.2, 0.25) is 0 Å². The van der Waals surface area contributed by atoms with Crippen LogP contribution in [0.25, 0.3) is 0 Å². The van der Waals surface area contributed by atoms with Crippen LogP contribution in [0.3, 0.4) is 0 Å². The van der Waals surface area contributed by atoms with Crippen LogP contribution in [0.2, 0.25) is 0 Å². The fourth-order valence-electron chi connectivity index (χ4n) is 3.55. The molecule has 1 saturated heterocycles. The van der Waals surface area contributed by atoms with Crippen LogP contribution in [-0.4, -0.2) is 62.8 Å². The number of benzene rings is 1. The molecule has 1 aliphatic carbocycles. The summed E-state index contributed by atoms with van der Waals surface area (Å²) in [5.74, 6) is 7.10. The van der Waals surface area contributed by atoms with Gasteiger partial charge in [-0.25, -0.2) is 0 Å². The zero-order chi connectivity index (χ0) is 21.3. The standard InChI is InChI=1S/C22H31N7O/c1-26-28-22(25)17-6-7-20(23)19(15-17)21(24)16-4-2-3-5-18(14-16)30-13-12-29-10-8-27-9-11-29/h6-7,14-16,24,26-27H,2,4,8-13,23H2,1H3,(H2,25,28). The van der Waals surface area contributed by atoms with Crippen molar-refractivity contribution in [3.8, 4) is 11.8 Å². The summed E-state index contributed by atoms with van der Waals surface area (Å²) in [7, 11) is 1.69. The molecular formula is C22H31N7O. The van der Waals surface area contributed by atoms with Gasteiger partial charge < -0.3 is 32.4 Å². The molecule has 0 saturated carbocycles. The molecule has 1 aromatic rings. The van der Waals surface area contributed by atoms with E-state index in [-0.39, 0.29) is 5.92 Å². The number of ether oxygens (including phenoxy) is 1. The Bertz CT molecular complexity index is 875. The lowest BCUT2D eigenvalue weighted by Gasteiger charge is -2.26. The molecule has 0 aromatic heterocycles. The molecule has 3 rings (SSSR count). The van der Waals surface area contributed by atoms with Gasteiger partial charge in [-0.3, -0.25) is 4.90 Å². The second-order valence-corrected chi connectivity index (χ2v) is 7.35. The Morgan fingerprint density at radius 2 is 2.20 bits per heavy atom. The van der Waals surface area contributed by atoms with Gasteiger partial charge in [0.15, 0.2) is 11.6 Å². The van der Waals surface area contributed by atoms with Crippen molar-refractivity contribution in [3.63, 3.8) is 0 Å². The predicted octanol–water partition coefficient (Wildman–Crippen LogP) is 0.695. The molecule has 0 spiro atoms. The van der Waals surface area contributed by atoms with Gasteiger partial charge in [0, 0.05) is 74.6 Å². The maximum absolute atomic E-state index is 8.78. The van der Waals surface area contributed by atoms with Crippen molar-refractivity contribution in [2.75, 3.05) is 52.1 Å². The first-order valence-electron chi connectivity index (χ1n) is 10.3. The van der Waals surface area contributed by atoms with E-state index in [1.54, 1.807) is 19.2 Å². The van der Waals surface area contributed by atoms with Gasteiger partial charge in [-0.05, 0) is 36.6 Å². The summed E-state index contributed by atoms with van der Waals surface area (Å²) < 4.78 is 5.96. The zero-order valence-corrected chi connectivity index (χ0v) is 17.5. The molecule has 1 fully saturated rings. The molecule has 1 heterocycles. The zero-order valence-electron chi connectivity index (χ0n) is 17.5. The van der Waals surface area contributed by atoms with Gasteiger partial charge in [-0.15, -0.1) is 0 Å². The van der Waals surface area contributed by atoms with Crippen LogP contribution in [0.15, 0.2) is 35.1 Å². The van der Waals surface area contributed by atoms with Crippen LogP contribution < -0.4 is 22.2 Å². The van der Waals surface area contributed by atoms with Gasteiger partial charge >= 0.3 is 0 Å². The van der Waals surface area contributed by atoms with Gasteiger partial charge in [0.1, 0.15) is 6.61 Å². The van der Waals surface area contributed by atoms with Gasteiger partial charge in [-0.1, -0.05) is 5.92 Å². The number of nitrogen functional groups attached to an aromatic ring is 1. The molecule has 0 bridgehead atoms. The van der Waals surface area contributed by atoms with Crippen molar-refractivity contribution >= 4 is 17.2 Å². The molecule has 0 amide bonds. The summed E-state index contributed by atoms with van der Waals surface area (Å²) in [6.45, 7) is 5.59. The van der Waals surface area contributed by atoms with E-state index in [0.717, 1.165) is 44.7 Å². The van der Waals surface area contributed by atoms with Crippen molar-refractivity contribution in [1.29, 1.82) is 5.41 Å². The number of piperazine rings is 1. The third-order valence-electron chi connectivity index (χ3n) is 5.26. The van der Waals surface area contributed by atoms with E-state index >= 15 is 0 Å². The number of nitrogens with one attached hydrogen (secondary N) is 3. The minimum absolute atomic E-state index is 0.137. The molecule has 8 heteroatoms. The first-order chi connectivity index (χ1) is 14.6. The quantitative estimate of drug-likeness (QED) is 0.141. The lowest BCUT2D eigenvalue weighted by atomic mass is 9.90. The predicted molar refractivity (Wildman–Crippen MR) is 121 cm³/mol. The third kappa shape index (κ3) is 5.75. The minimum atomic E-state index is -0.137. The second kappa shape index (κ2) is 10.7. The summed E-state index contributed by atoms with van der Waals surface area (Å²) in [6.07, 6.45) is 3.41. The lowest BCUT2D eigenvalue weighted by Crippen LogP contribution is -2.44. The van der Waals surface area contributed by atoms with E-state index in [1.165, 1.54) is 0 Å². The van der Waals surface area contributed by atoms with E-state index in [9.17, 15) is 0 Å². The molecule has 160 valence electrons. The summed E-state index contributed by atoms with van der Waals surface area (Å²) in [6, 6.07) is 5.39. The van der Waals surface area contributed by atoms with Crippen LogP contribution >= 0.6 is 0 Å². The number of nitrogens with zero attached hydrogens (tertiary/aromatic N) is 2. The highest BCUT2D eigenvalue weighted by Gasteiger charge is 2.20. The molecule has 0 radical (unpaired) electrons. The molecule has 8 nitrogen and oxygen atoms in total. The van der Waals surface area contributed by atoms with Crippen molar-refractivity contribution in [2.24, 2.45) is 16.8 Å². The molecule has 1 atom stereocenters. The van der Waals surface area contributed by atoms with E-state index in [1.807, 2.05) is 12.1 Å². The molecule has 1 aliphatic heterocycles. The first-order valence-corrected chi connectivity index (χ1v) is 10.3. The summed E-state index contributed by atoms with van der Waals surface area (Å²) >= 11 is 0. The summed E-state index contributed by atoms with van der Waals surface area (Å²) in [4.78, 5) is 2.38. The van der Waals surface area contributed by atoms with Gasteiger partial charge in [0.25, 0.3) is 0 Å². The van der Waals surface area contributed by atoms with Gasteiger partial charge in [0.05, 0.1) is 0 Å². The smallest absolute Gasteiger partial charge is 0.166 e. The molecule has 1 aromatic carbocycles. The molecular weight excluding hydrogens is 378 g/mol. The number of hydrazone groups is 1. The van der Waals surface area contributed by atoms with E-state index in [0.29, 0.717) is 41.6 Å². The molecule has 2 aliphatic rings. The second-order valence-electron chi connectivity index (χ2n) is 7.35. The normalized spacial score (nSPS) is 19.8. The van der Waals surface area contributed by atoms with E-state index < -0.39 is 0 Å². The number of hydrogen-bond acceptors (Lipinski definition) is 7. The Morgan fingerprint density at radius 1 is 1.40 bits per heavy atom. The first kappa shape index (κ1) is 21.7. The van der Waals surface area contributed by atoms with Crippen LogP contribution in [0.5, 0.6) is 0 Å². The Labute approximate surface area is 178 Å². The van der Waals surface area contributed by atoms with Crippen molar-refractivity contribution in [2.45, 2.75) is 12.8 Å². The van der Waals surface area contributed by atoms with Gasteiger partial charge in [-0.2, -0.15) is 5.10 Å². The van der Waals surface area contributed by atoms with Crippen molar-refractivity contribution < 1.29 is 4.74 Å².